The molecule has 0 bridgehead atoms. The summed E-state index contributed by atoms with van der Waals surface area (Å²) in [5.74, 6) is -0.877. The number of halogens is 2. The van der Waals surface area contributed by atoms with E-state index >= 15 is 0 Å². The molecule has 0 saturated carbocycles. The van der Waals surface area contributed by atoms with Crippen molar-refractivity contribution < 1.29 is 13.5 Å². The SMILES string of the molecule is O=c1c2ccccc2nc(SC[C@H]2CCCO2)n1-c1ccc(F)cc1F. The van der Waals surface area contributed by atoms with Crippen LogP contribution in [0.15, 0.2) is 52.4 Å². The highest BCUT2D eigenvalue weighted by molar-refractivity contribution is 7.99. The summed E-state index contributed by atoms with van der Waals surface area (Å²) in [5, 5.41) is 0.757. The third kappa shape index (κ3) is 3.24. The maximum absolute atomic E-state index is 14.4. The Hall–Kier alpha value is -2.25. The maximum atomic E-state index is 14.4. The van der Waals surface area contributed by atoms with Crippen LogP contribution in [-0.4, -0.2) is 28.0 Å². The Kier molecular flexibility index (Phi) is 4.74. The number of hydrogen-bond donors (Lipinski definition) is 0. The van der Waals surface area contributed by atoms with Gasteiger partial charge in [-0.2, -0.15) is 0 Å². The fourth-order valence-corrected chi connectivity index (χ4v) is 4.10. The maximum Gasteiger partial charge on any atom is 0.266 e. The topological polar surface area (TPSA) is 44.1 Å². The van der Waals surface area contributed by atoms with E-state index in [0.717, 1.165) is 31.6 Å². The smallest absolute Gasteiger partial charge is 0.266 e. The molecule has 4 nitrogen and oxygen atoms in total. The summed E-state index contributed by atoms with van der Waals surface area (Å²) < 4.78 is 34.5. The lowest BCUT2D eigenvalue weighted by Crippen LogP contribution is -2.23. The minimum absolute atomic E-state index is 0.00973. The highest BCUT2D eigenvalue weighted by atomic mass is 32.2. The first-order valence-electron chi connectivity index (χ1n) is 8.35. The molecule has 2 aromatic carbocycles. The van der Waals surface area contributed by atoms with Crippen molar-refractivity contribution in [3.05, 3.63) is 64.5 Å². The predicted octanol–water partition coefficient (Wildman–Crippen LogP) is 3.94. The van der Waals surface area contributed by atoms with E-state index in [1.165, 1.54) is 22.4 Å². The van der Waals surface area contributed by atoms with Crippen molar-refractivity contribution in [2.75, 3.05) is 12.4 Å². The third-order valence-corrected chi connectivity index (χ3v) is 5.39. The van der Waals surface area contributed by atoms with Gasteiger partial charge in [-0.15, -0.1) is 0 Å². The van der Waals surface area contributed by atoms with Crippen molar-refractivity contribution in [1.29, 1.82) is 0 Å². The minimum atomic E-state index is -0.803. The second-order valence-corrected chi connectivity index (χ2v) is 7.08. The molecule has 26 heavy (non-hydrogen) atoms. The largest absolute Gasteiger partial charge is 0.377 e. The van der Waals surface area contributed by atoms with Crippen LogP contribution in [0.25, 0.3) is 16.6 Å². The first-order chi connectivity index (χ1) is 12.6. The van der Waals surface area contributed by atoms with E-state index in [9.17, 15) is 13.6 Å². The molecule has 0 amide bonds. The van der Waals surface area contributed by atoms with E-state index < -0.39 is 11.6 Å². The molecule has 1 aliphatic rings. The molecule has 1 saturated heterocycles. The molecule has 134 valence electrons. The molecule has 0 radical (unpaired) electrons. The third-order valence-electron chi connectivity index (χ3n) is 4.32. The van der Waals surface area contributed by atoms with Gasteiger partial charge < -0.3 is 4.74 Å². The summed E-state index contributed by atoms with van der Waals surface area (Å²) >= 11 is 1.35. The second-order valence-electron chi connectivity index (χ2n) is 6.09. The molecule has 0 spiro atoms. The Balaban J connectivity index is 1.85. The summed E-state index contributed by atoms with van der Waals surface area (Å²) in [7, 11) is 0. The highest BCUT2D eigenvalue weighted by Gasteiger charge is 2.20. The number of rotatable bonds is 4. The van der Waals surface area contributed by atoms with Crippen molar-refractivity contribution in [3.63, 3.8) is 0 Å². The van der Waals surface area contributed by atoms with Crippen molar-refractivity contribution in [1.82, 2.24) is 9.55 Å². The zero-order chi connectivity index (χ0) is 18.1. The van der Waals surface area contributed by atoms with Crippen LogP contribution >= 0.6 is 11.8 Å². The molecule has 1 aliphatic heterocycles. The molecule has 0 aliphatic carbocycles. The van der Waals surface area contributed by atoms with Gasteiger partial charge in [0.15, 0.2) is 5.16 Å². The van der Waals surface area contributed by atoms with Crippen LogP contribution in [-0.2, 0) is 4.74 Å². The van der Waals surface area contributed by atoms with Crippen molar-refractivity contribution in [2.24, 2.45) is 0 Å². The molecular formula is C19H16F2N2O2S. The number of para-hydroxylation sites is 1. The quantitative estimate of drug-likeness (QED) is 0.513. The van der Waals surface area contributed by atoms with Crippen LogP contribution in [0.2, 0.25) is 0 Å². The monoisotopic (exact) mass is 374 g/mol. The van der Waals surface area contributed by atoms with Crippen LogP contribution in [0.4, 0.5) is 8.78 Å². The van der Waals surface area contributed by atoms with Crippen molar-refractivity contribution in [2.45, 2.75) is 24.1 Å². The number of ether oxygens (including phenoxy) is 1. The number of aromatic nitrogens is 2. The van der Waals surface area contributed by atoms with Gasteiger partial charge in [-0.25, -0.2) is 13.8 Å². The lowest BCUT2D eigenvalue weighted by atomic mass is 10.2. The second kappa shape index (κ2) is 7.17. The normalized spacial score (nSPS) is 17.1. The summed E-state index contributed by atoms with van der Waals surface area (Å²) in [6.07, 6.45) is 2.06. The number of benzene rings is 2. The molecule has 7 heteroatoms. The summed E-state index contributed by atoms with van der Waals surface area (Å²) in [6, 6.07) is 10.1. The molecule has 3 aromatic rings. The molecule has 4 rings (SSSR count). The Bertz CT molecular complexity index is 1020. The zero-order valence-electron chi connectivity index (χ0n) is 13.8. The molecular weight excluding hydrogens is 358 g/mol. The van der Waals surface area contributed by atoms with Crippen LogP contribution in [0.3, 0.4) is 0 Å². The van der Waals surface area contributed by atoms with Crippen LogP contribution in [0.1, 0.15) is 12.8 Å². The fourth-order valence-electron chi connectivity index (χ4n) is 3.03. The van der Waals surface area contributed by atoms with Gasteiger partial charge in [-0.1, -0.05) is 23.9 Å². The summed E-state index contributed by atoms with van der Waals surface area (Å²) in [4.78, 5) is 17.5. The van der Waals surface area contributed by atoms with Gasteiger partial charge in [-0.3, -0.25) is 9.36 Å². The van der Waals surface area contributed by atoms with E-state index in [1.807, 2.05) is 0 Å². The lowest BCUT2D eigenvalue weighted by molar-refractivity contribution is 0.129. The van der Waals surface area contributed by atoms with Crippen molar-refractivity contribution in [3.8, 4) is 5.69 Å². The standard InChI is InChI=1S/C19H16F2N2O2S/c20-12-7-8-17(15(21)10-12)23-18(24)14-5-1-2-6-16(14)22-19(23)26-11-13-4-3-9-25-13/h1-2,5-8,10,13H,3-4,9,11H2/t13-/m1/s1. The van der Waals surface area contributed by atoms with Gasteiger partial charge in [0.25, 0.3) is 5.56 Å². The molecule has 1 atom stereocenters. The first-order valence-corrected chi connectivity index (χ1v) is 9.33. The van der Waals surface area contributed by atoms with E-state index in [4.69, 9.17) is 4.74 Å². The summed E-state index contributed by atoms with van der Waals surface area (Å²) in [6.45, 7) is 0.732. The molecule has 0 unspecified atom stereocenters. The average Bonchev–Trinajstić information content (AvgIpc) is 3.15. The van der Waals surface area contributed by atoms with Crippen LogP contribution < -0.4 is 5.56 Å². The fraction of sp³-hybridized carbons (Fsp3) is 0.263. The lowest BCUT2D eigenvalue weighted by Gasteiger charge is -2.15. The van der Waals surface area contributed by atoms with Gasteiger partial charge in [0.2, 0.25) is 0 Å². The highest BCUT2D eigenvalue weighted by Crippen LogP contribution is 2.26. The van der Waals surface area contributed by atoms with Gasteiger partial charge in [0.05, 0.1) is 22.7 Å². The molecule has 1 fully saturated rings. The van der Waals surface area contributed by atoms with Gasteiger partial charge in [-0.05, 0) is 37.1 Å². The molecule has 1 aromatic heterocycles. The summed E-state index contributed by atoms with van der Waals surface area (Å²) in [5.41, 5.74) is 0.159. The Morgan fingerprint density at radius 3 is 2.85 bits per heavy atom. The number of hydrogen-bond acceptors (Lipinski definition) is 4. The zero-order valence-corrected chi connectivity index (χ0v) is 14.6. The minimum Gasteiger partial charge on any atom is -0.377 e. The number of nitrogens with zero attached hydrogens (tertiary/aromatic N) is 2. The van der Waals surface area contributed by atoms with Gasteiger partial charge in [0.1, 0.15) is 11.6 Å². The van der Waals surface area contributed by atoms with E-state index in [0.29, 0.717) is 21.8 Å². The predicted molar refractivity (Wildman–Crippen MR) is 97.0 cm³/mol. The molecule has 0 N–H and O–H groups in total. The Morgan fingerprint density at radius 2 is 2.08 bits per heavy atom. The van der Waals surface area contributed by atoms with Crippen LogP contribution in [0.5, 0.6) is 0 Å². The number of fused-ring (bicyclic) bond motifs is 1. The van der Waals surface area contributed by atoms with Crippen molar-refractivity contribution >= 4 is 22.7 Å². The molecule has 2 heterocycles. The van der Waals surface area contributed by atoms with Gasteiger partial charge in [0, 0.05) is 18.4 Å². The van der Waals surface area contributed by atoms with E-state index in [1.54, 1.807) is 24.3 Å². The number of thioether (sulfide) groups is 1. The van der Waals surface area contributed by atoms with Gasteiger partial charge >= 0.3 is 0 Å². The first kappa shape index (κ1) is 17.2. The van der Waals surface area contributed by atoms with Crippen LogP contribution in [0, 0.1) is 11.6 Å². The Morgan fingerprint density at radius 1 is 1.23 bits per heavy atom. The Labute approximate surface area is 152 Å². The van der Waals surface area contributed by atoms with E-state index in [-0.39, 0.29) is 17.4 Å². The average molecular weight is 374 g/mol. The van der Waals surface area contributed by atoms with E-state index in [2.05, 4.69) is 4.98 Å².